The van der Waals surface area contributed by atoms with Gasteiger partial charge in [-0.25, -0.2) is 19.6 Å². The van der Waals surface area contributed by atoms with Crippen molar-refractivity contribution in [1.29, 1.82) is 0 Å². The molecule has 4 atom stereocenters. The zero-order chi connectivity index (χ0) is 39.6. The predicted octanol–water partition coefficient (Wildman–Crippen LogP) is 5.59. The number of alkyl carbamates (subject to hydrolysis) is 1. The van der Waals surface area contributed by atoms with E-state index in [1.54, 1.807) is 22.2 Å². The van der Waals surface area contributed by atoms with Crippen molar-refractivity contribution >= 4 is 24.0 Å². The van der Waals surface area contributed by atoms with E-state index < -0.39 is 35.8 Å². The summed E-state index contributed by atoms with van der Waals surface area (Å²) in [6, 6.07) is 13.7. The van der Waals surface area contributed by atoms with Gasteiger partial charge in [-0.15, -0.1) is 0 Å². The maximum atomic E-state index is 13.6. The van der Waals surface area contributed by atoms with Crippen molar-refractivity contribution < 1.29 is 34.1 Å². The number of rotatable bonds is 11. The first-order valence-electron chi connectivity index (χ1n) is 18.6. The SMILES string of the molecule is COC(=O)N[C@H](C(=O)N1CCC[C@H]1c1ncc(-c2ccc(-c3ccc(-c4cnc([C@@H]5CCCN5C(=O)[C@H](C(C)C)N(C)C(=O)O)[nH]4)cc3)cc2)[nH]1)C(C)(C)O. The number of nitrogens with one attached hydrogen (secondary N) is 3. The van der Waals surface area contributed by atoms with Gasteiger partial charge in [-0.3, -0.25) is 14.5 Å². The van der Waals surface area contributed by atoms with Crippen molar-refractivity contribution in [3.05, 3.63) is 72.6 Å². The van der Waals surface area contributed by atoms with E-state index >= 15 is 0 Å². The number of nitrogens with zero attached hydrogens (tertiary/aromatic N) is 5. The number of H-pyrrole nitrogens is 2. The van der Waals surface area contributed by atoms with Crippen molar-refractivity contribution in [3.8, 4) is 33.6 Å². The van der Waals surface area contributed by atoms with Crippen LogP contribution in [0.3, 0.4) is 0 Å². The Hall–Kier alpha value is -5.70. The van der Waals surface area contributed by atoms with Crippen LogP contribution in [-0.2, 0) is 14.3 Å². The molecule has 4 aromatic rings. The highest BCUT2D eigenvalue weighted by Gasteiger charge is 2.43. The lowest BCUT2D eigenvalue weighted by atomic mass is 9.97. The fraction of sp³-hybridized carbons (Fsp3) is 0.450. The quantitative estimate of drug-likeness (QED) is 0.130. The average molecular weight is 755 g/mol. The first-order chi connectivity index (χ1) is 26.2. The zero-order valence-electron chi connectivity index (χ0n) is 32.1. The molecule has 0 spiro atoms. The monoisotopic (exact) mass is 754 g/mol. The van der Waals surface area contributed by atoms with E-state index in [1.807, 2.05) is 62.4 Å². The van der Waals surface area contributed by atoms with Gasteiger partial charge in [0.15, 0.2) is 0 Å². The van der Waals surface area contributed by atoms with Crippen LogP contribution in [0.1, 0.15) is 77.1 Å². The molecule has 2 aromatic carbocycles. The molecular formula is C40H50N8O7. The molecule has 15 nitrogen and oxygen atoms in total. The third-order valence-corrected chi connectivity index (χ3v) is 10.6. The van der Waals surface area contributed by atoms with Gasteiger partial charge in [0.1, 0.15) is 23.7 Å². The van der Waals surface area contributed by atoms with Crippen LogP contribution in [0.15, 0.2) is 60.9 Å². The van der Waals surface area contributed by atoms with Crippen molar-refractivity contribution in [2.45, 2.75) is 83.1 Å². The summed E-state index contributed by atoms with van der Waals surface area (Å²) in [7, 11) is 2.65. The Bertz CT molecular complexity index is 2000. The number of aromatic nitrogens is 4. The molecule has 0 radical (unpaired) electrons. The van der Waals surface area contributed by atoms with Crippen LogP contribution < -0.4 is 5.32 Å². The maximum Gasteiger partial charge on any atom is 0.407 e. The van der Waals surface area contributed by atoms with E-state index in [-0.39, 0.29) is 23.9 Å². The van der Waals surface area contributed by atoms with Crippen LogP contribution in [0.5, 0.6) is 0 Å². The van der Waals surface area contributed by atoms with Gasteiger partial charge in [-0.1, -0.05) is 62.4 Å². The molecule has 0 saturated carbocycles. The zero-order valence-corrected chi connectivity index (χ0v) is 32.1. The van der Waals surface area contributed by atoms with Crippen LogP contribution in [0.25, 0.3) is 33.6 Å². The van der Waals surface area contributed by atoms with E-state index in [9.17, 15) is 29.4 Å². The molecule has 2 aliphatic heterocycles. The number of carbonyl (C=O) groups is 4. The number of carbonyl (C=O) groups excluding carboxylic acids is 3. The number of hydrogen-bond donors (Lipinski definition) is 5. The number of carboxylic acid groups (broad SMARTS) is 1. The molecule has 4 heterocycles. The van der Waals surface area contributed by atoms with Crippen molar-refractivity contribution in [3.63, 3.8) is 0 Å². The second-order valence-corrected chi connectivity index (χ2v) is 15.2. The molecule has 2 aliphatic rings. The van der Waals surface area contributed by atoms with Crippen molar-refractivity contribution in [1.82, 2.24) is 40.0 Å². The maximum absolute atomic E-state index is 13.6. The Labute approximate surface area is 320 Å². The van der Waals surface area contributed by atoms with Gasteiger partial charge in [0.2, 0.25) is 11.8 Å². The normalized spacial score (nSPS) is 18.3. The van der Waals surface area contributed by atoms with Crippen LogP contribution in [0.2, 0.25) is 0 Å². The molecule has 55 heavy (non-hydrogen) atoms. The molecule has 4 amide bonds. The molecule has 2 fully saturated rings. The number of methoxy groups -OCH3 is 1. The Balaban J connectivity index is 1.12. The summed E-state index contributed by atoms with van der Waals surface area (Å²) in [5.74, 6) is 0.527. The third kappa shape index (κ3) is 8.21. The fourth-order valence-corrected chi connectivity index (χ4v) is 7.69. The second kappa shape index (κ2) is 16.0. The van der Waals surface area contributed by atoms with Gasteiger partial charge in [-0.05, 0) is 67.7 Å². The molecule has 5 N–H and O–H groups in total. The topological polar surface area (TPSA) is 197 Å². The molecule has 15 heteroatoms. The average Bonchev–Trinajstić information content (AvgIpc) is 3.99. The van der Waals surface area contributed by atoms with E-state index in [0.29, 0.717) is 31.2 Å². The molecule has 0 aliphatic carbocycles. The largest absolute Gasteiger partial charge is 0.465 e. The first kappa shape index (κ1) is 39.0. The lowest BCUT2D eigenvalue weighted by Gasteiger charge is -2.34. The lowest BCUT2D eigenvalue weighted by Crippen LogP contribution is -2.58. The van der Waals surface area contributed by atoms with Gasteiger partial charge in [0.05, 0.1) is 48.6 Å². The number of hydrogen-bond acceptors (Lipinski definition) is 8. The molecule has 2 aromatic heterocycles. The first-order valence-corrected chi connectivity index (χ1v) is 18.6. The van der Waals surface area contributed by atoms with E-state index in [1.165, 1.54) is 28.0 Å². The Morgan fingerprint density at radius 3 is 1.65 bits per heavy atom. The molecule has 0 bridgehead atoms. The van der Waals surface area contributed by atoms with E-state index in [2.05, 4.69) is 30.0 Å². The number of imidazole rings is 2. The minimum absolute atomic E-state index is 0.179. The van der Waals surface area contributed by atoms with E-state index in [4.69, 9.17) is 0 Å². The molecule has 6 rings (SSSR count). The summed E-state index contributed by atoms with van der Waals surface area (Å²) in [4.78, 5) is 71.4. The minimum atomic E-state index is -1.51. The molecule has 0 unspecified atom stereocenters. The number of ether oxygens (including phenoxy) is 1. The number of benzene rings is 2. The van der Waals surface area contributed by atoms with Crippen molar-refractivity contribution in [2.24, 2.45) is 5.92 Å². The van der Waals surface area contributed by atoms with Crippen LogP contribution >= 0.6 is 0 Å². The number of likely N-dealkylation sites (N-methyl/N-ethyl adjacent to an activating group) is 1. The third-order valence-electron chi connectivity index (χ3n) is 10.6. The summed E-state index contributed by atoms with van der Waals surface area (Å²) < 4.78 is 4.68. The molecular weight excluding hydrogens is 704 g/mol. The summed E-state index contributed by atoms with van der Waals surface area (Å²) >= 11 is 0. The standard InChI is InChI=1S/C40H50N8O7/c1-23(2)32(46(5)39(52)53)36(49)47-19-7-9-30(47)34-41-21-28(43-34)26-15-11-24(12-16-26)25-13-17-27(18-14-25)29-22-42-35(44-29)31-10-8-20-48(31)37(50)33(40(3,4)54)45-38(51)55-6/h11-18,21-23,30-33,54H,7-10,19-20H2,1-6H3,(H,41,43)(H,42,44)(H,45,51)(H,52,53)/t30-,31-,32-,33+/m0/s1. The number of amides is 4. The van der Waals surface area contributed by atoms with Crippen molar-refractivity contribution in [2.75, 3.05) is 27.2 Å². The minimum Gasteiger partial charge on any atom is -0.465 e. The summed E-state index contributed by atoms with van der Waals surface area (Å²) in [6.45, 7) is 7.67. The Morgan fingerprint density at radius 1 is 0.818 bits per heavy atom. The highest BCUT2D eigenvalue weighted by atomic mass is 16.5. The fourth-order valence-electron chi connectivity index (χ4n) is 7.69. The highest BCUT2D eigenvalue weighted by Crippen LogP contribution is 2.35. The number of likely N-dealkylation sites (tertiary alicyclic amines) is 2. The van der Waals surface area contributed by atoms with Gasteiger partial charge in [-0.2, -0.15) is 0 Å². The van der Waals surface area contributed by atoms with Crippen LogP contribution in [0, 0.1) is 5.92 Å². The molecule has 2 saturated heterocycles. The van der Waals surface area contributed by atoms with Gasteiger partial charge in [0.25, 0.3) is 0 Å². The van der Waals surface area contributed by atoms with Crippen LogP contribution in [-0.4, -0.2) is 114 Å². The number of aliphatic hydroxyl groups is 1. The smallest absolute Gasteiger partial charge is 0.407 e. The summed E-state index contributed by atoms with van der Waals surface area (Å²) in [5.41, 5.74) is 4.03. The highest BCUT2D eigenvalue weighted by molar-refractivity contribution is 5.88. The Morgan fingerprint density at radius 2 is 1.25 bits per heavy atom. The lowest BCUT2D eigenvalue weighted by molar-refractivity contribution is -0.140. The second-order valence-electron chi connectivity index (χ2n) is 15.2. The Kier molecular flexibility index (Phi) is 11.3. The summed E-state index contributed by atoms with van der Waals surface area (Å²) in [6.07, 6.45) is 4.59. The van der Waals surface area contributed by atoms with E-state index in [0.717, 1.165) is 57.8 Å². The van der Waals surface area contributed by atoms with Gasteiger partial charge in [0, 0.05) is 20.1 Å². The summed E-state index contributed by atoms with van der Waals surface area (Å²) in [5, 5.41) is 22.7. The van der Waals surface area contributed by atoms with Gasteiger partial charge >= 0.3 is 12.2 Å². The predicted molar refractivity (Wildman–Crippen MR) is 204 cm³/mol. The number of aromatic amines is 2. The molecule has 292 valence electrons. The van der Waals surface area contributed by atoms with Crippen LogP contribution in [0.4, 0.5) is 9.59 Å². The van der Waals surface area contributed by atoms with Gasteiger partial charge < -0.3 is 40.0 Å².